The third-order valence-electron chi connectivity index (χ3n) is 3.73. The molecule has 106 valence electrons. The number of hydrogen-bond acceptors (Lipinski definition) is 3. The molecular formula is C17H15ClN2O. The number of aromatic nitrogens is 1. The highest BCUT2D eigenvalue weighted by Gasteiger charge is 2.16. The summed E-state index contributed by atoms with van der Waals surface area (Å²) in [5.41, 5.74) is 3.66. The minimum atomic E-state index is 0.389. The Morgan fingerprint density at radius 2 is 2.05 bits per heavy atom. The van der Waals surface area contributed by atoms with E-state index < -0.39 is 0 Å². The first-order valence-corrected chi connectivity index (χ1v) is 7.42. The molecule has 0 fully saturated rings. The number of benzene rings is 1. The number of aryl methyl sites for hydroxylation is 3. The fourth-order valence-electron chi connectivity index (χ4n) is 2.56. The summed E-state index contributed by atoms with van der Waals surface area (Å²) in [5.74, 6) is 1.04. The van der Waals surface area contributed by atoms with Crippen LogP contribution in [0.3, 0.4) is 0 Å². The maximum atomic E-state index is 9.31. The Labute approximate surface area is 129 Å². The van der Waals surface area contributed by atoms with Crippen LogP contribution in [0.1, 0.15) is 35.2 Å². The van der Waals surface area contributed by atoms with Crippen molar-refractivity contribution >= 4 is 11.6 Å². The lowest BCUT2D eigenvalue weighted by atomic mass is 9.95. The molecule has 1 aliphatic rings. The van der Waals surface area contributed by atoms with Gasteiger partial charge in [0.15, 0.2) is 0 Å². The van der Waals surface area contributed by atoms with Gasteiger partial charge in [-0.15, -0.1) is 0 Å². The van der Waals surface area contributed by atoms with E-state index in [-0.39, 0.29) is 0 Å². The van der Waals surface area contributed by atoms with Crippen LogP contribution in [0.25, 0.3) is 0 Å². The van der Waals surface area contributed by atoms with Crippen molar-refractivity contribution in [2.75, 3.05) is 0 Å². The Morgan fingerprint density at radius 3 is 2.81 bits per heavy atom. The predicted octanol–water partition coefficient (Wildman–Crippen LogP) is 4.59. The zero-order valence-corrected chi connectivity index (χ0v) is 12.6. The lowest BCUT2D eigenvalue weighted by Crippen LogP contribution is -2.07. The van der Waals surface area contributed by atoms with E-state index in [1.807, 2.05) is 19.1 Å². The maximum absolute atomic E-state index is 9.31. The Hall–Kier alpha value is -2.05. The van der Waals surface area contributed by atoms with Gasteiger partial charge in [-0.3, -0.25) is 0 Å². The molecule has 0 atom stereocenters. The molecule has 0 unspecified atom stereocenters. The van der Waals surface area contributed by atoms with E-state index in [2.05, 4.69) is 11.1 Å². The molecule has 3 nitrogen and oxygen atoms in total. The van der Waals surface area contributed by atoms with Crippen molar-refractivity contribution in [2.45, 2.75) is 32.6 Å². The summed E-state index contributed by atoms with van der Waals surface area (Å²) in [7, 11) is 0. The number of fused-ring (bicyclic) bond motifs is 1. The number of nitriles is 1. The molecule has 1 aliphatic carbocycles. The standard InChI is InChI=1S/C17H15ClN2O/c1-11-8-14(6-7-15(11)18)21-17-13(10-19)9-12-4-2-3-5-16(12)20-17/h6-9H,2-5H2,1H3. The average molecular weight is 299 g/mol. The topological polar surface area (TPSA) is 45.9 Å². The SMILES string of the molecule is Cc1cc(Oc2nc3c(cc2C#N)CCCC3)ccc1Cl. The molecule has 2 aromatic rings. The molecule has 4 heteroatoms. The second kappa shape index (κ2) is 5.75. The van der Waals surface area contributed by atoms with Gasteiger partial charge in [-0.25, -0.2) is 4.98 Å². The Kier molecular flexibility index (Phi) is 3.81. The van der Waals surface area contributed by atoms with Crippen LogP contribution in [0.4, 0.5) is 0 Å². The van der Waals surface area contributed by atoms with Crippen molar-refractivity contribution in [1.29, 1.82) is 5.26 Å². The lowest BCUT2D eigenvalue weighted by Gasteiger charge is -2.17. The normalized spacial score (nSPS) is 13.4. The highest BCUT2D eigenvalue weighted by molar-refractivity contribution is 6.31. The molecule has 0 saturated heterocycles. The van der Waals surface area contributed by atoms with Crippen molar-refractivity contribution < 1.29 is 4.74 Å². The number of ether oxygens (including phenoxy) is 1. The van der Waals surface area contributed by atoms with Gasteiger partial charge in [0.1, 0.15) is 17.4 Å². The van der Waals surface area contributed by atoms with E-state index >= 15 is 0 Å². The summed E-state index contributed by atoms with van der Waals surface area (Å²) in [5, 5.41) is 10.0. The van der Waals surface area contributed by atoms with Crippen LogP contribution >= 0.6 is 11.6 Å². The van der Waals surface area contributed by atoms with Gasteiger partial charge in [0.2, 0.25) is 5.88 Å². The van der Waals surface area contributed by atoms with Crippen LogP contribution in [0, 0.1) is 18.3 Å². The molecule has 0 saturated carbocycles. The number of hydrogen-bond donors (Lipinski definition) is 0. The van der Waals surface area contributed by atoms with Crippen molar-refractivity contribution in [3.05, 3.63) is 51.7 Å². The van der Waals surface area contributed by atoms with Gasteiger partial charge in [-0.2, -0.15) is 5.26 Å². The summed E-state index contributed by atoms with van der Waals surface area (Å²) in [6, 6.07) is 9.52. The number of pyridine rings is 1. The van der Waals surface area contributed by atoms with Gasteiger partial charge in [0.25, 0.3) is 0 Å². The number of halogens is 1. The van der Waals surface area contributed by atoms with E-state index in [0.717, 1.165) is 36.9 Å². The van der Waals surface area contributed by atoms with Gasteiger partial charge in [-0.1, -0.05) is 11.6 Å². The number of nitrogens with zero attached hydrogens (tertiary/aromatic N) is 2. The zero-order valence-electron chi connectivity index (χ0n) is 11.8. The lowest BCUT2D eigenvalue weighted by molar-refractivity contribution is 0.456. The quantitative estimate of drug-likeness (QED) is 0.815. The minimum Gasteiger partial charge on any atom is -0.438 e. The van der Waals surface area contributed by atoms with Crippen LogP contribution in [-0.4, -0.2) is 4.98 Å². The summed E-state index contributed by atoms with van der Waals surface area (Å²) < 4.78 is 5.81. The molecule has 0 aliphatic heterocycles. The molecule has 21 heavy (non-hydrogen) atoms. The maximum Gasteiger partial charge on any atom is 0.237 e. The van der Waals surface area contributed by atoms with Gasteiger partial charge >= 0.3 is 0 Å². The van der Waals surface area contributed by atoms with E-state index in [9.17, 15) is 5.26 Å². The van der Waals surface area contributed by atoms with Gasteiger partial charge in [0.05, 0.1) is 0 Å². The van der Waals surface area contributed by atoms with Crippen molar-refractivity contribution in [3.8, 4) is 17.7 Å². The van der Waals surface area contributed by atoms with Crippen LogP contribution in [0.5, 0.6) is 11.6 Å². The Balaban J connectivity index is 1.97. The summed E-state index contributed by atoms with van der Waals surface area (Å²) in [4.78, 5) is 4.55. The fraction of sp³-hybridized carbons (Fsp3) is 0.294. The average Bonchev–Trinajstić information content (AvgIpc) is 2.50. The molecular weight excluding hydrogens is 284 g/mol. The first-order chi connectivity index (χ1) is 10.2. The second-order valence-electron chi connectivity index (χ2n) is 5.28. The van der Waals surface area contributed by atoms with Crippen molar-refractivity contribution in [1.82, 2.24) is 4.98 Å². The highest BCUT2D eigenvalue weighted by Crippen LogP contribution is 2.30. The molecule has 1 aromatic carbocycles. The molecule has 1 heterocycles. The van der Waals surface area contributed by atoms with Gasteiger partial charge in [0, 0.05) is 10.7 Å². The number of rotatable bonds is 2. The van der Waals surface area contributed by atoms with Crippen molar-refractivity contribution in [3.63, 3.8) is 0 Å². The first-order valence-electron chi connectivity index (χ1n) is 7.04. The minimum absolute atomic E-state index is 0.389. The first kappa shape index (κ1) is 13.9. The Morgan fingerprint density at radius 1 is 1.24 bits per heavy atom. The van der Waals surface area contributed by atoms with Crippen LogP contribution in [-0.2, 0) is 12.8 Å². The third-order valence-corrected chi connectivity index (χ3v) is 4.15. The van der Waals surface area contributed by atoms with E-state index in [4.69, 9.17) is 16.3 Å². The van der Waals surface area contributed by atoms with Crippen molar-refractivity contribution in [2.24, 2.45) is 0 Å². The molecule has 3 rings (SSSR count). The van der Waals surface area contributed by atoms with Gasteiger partial charge in [-0.05, 0) is 68.0 Å². The summed E-state index contributed by atoms with van der Waals surface area (Å²) in [6.45, 7) is 1.92. The van der Waals surface area contributed by atoms with Crippen LogP contribution in [0.2, 0.25) is 5.02 Å². The van der Waals surface area contributed by atoms with E-state index in [1.54, 1.807) is 12.1 Å². The molecule has 0 radical (unpaired) electrons. The van der Waals surface area contributed by atoms with E-state index in [0.29, 0.717) is 22.2 Å². The third kappa shape index (κ3) is 2.86. The summed E-state index contributed by atoms with van der Waals surface area (Å²) in [6.07, 6.45) is 4.26. The van der Waals surface area contributed by atoms with Gasteiger partial charge < -0.3 is 4.74 Å². The predicted molar refractivity (Wildman–Crippen MR) is 81.9 cm³/mol. The fourth-order valence-corrected chi connectivity index (χ4v) is 2.68. The second-order valence-corrected chi connectivity index (χ2v) is 5.69. The Bertz CT molecular complexity index is 734. The zero-order chi connectivity index (χ0) is 14.8. The highest BCUT2D eigenvalue weighted by atomic mass is 35.5. The molecule has 0 bridgehead atoms. The molecule has 0 N–H and O–H groups in total. The van der Waals surface area contributed by atoms with Crippen LogP contribution in [0.15, 0.2) is 24.3 Å². The molecule has 0 amide bonds. The smallest absolute Gasteiger partial charge is 0.237 e. The monoisotopic (exact) mass is 298 g/mol. The molecule has 1 aromatic heterocycles. The largest absolute Gasteiger partial charge is 0.438 e. The van der Waals surface area contributed by atoms with E-state index in [1.165, 1.54) is 5.56 Å². The summed E-state index contributed by atoms with van der Waals surface area (Å²) >= 11 is 6.01. The van der Waals surface area contributed by atoms with Crippen LogP contribution < -0.4 is 4.74 Å². The molecule has 0 spiro atoms.